The number of nitrogens with zero attached hydrogens (tertiary/aromatic N) is 3. The van der Waals surface area contributed by atoms with Gasteiger partial charge < -0.3 is 15.5 Å². The predicted octanol–water partition coefficient (Wildman–Crippen LogP) is 2.67. The topological polar surface area (TPSA) is 70.2 Å². The zero-order chi connectivity index (χ0) is 16.8. The predicted molar refractivity (Wildman–Crippen MR) is 93.3 cm³/mol. The van der Waals surface area contributed by atoms with Crippen LogP contribution in [0, 0.1) is 5.92 Å². The molecule has 0 fully saturated rings. The summed E-state index contributed by atoms with van der Waals surface area (Å²) in [5, 5.41) is 5.95. The highest BCUT2D eigenvalue weighted by molar-refractivity contribution is 5.93. The summed E-state index contributed by atoms with van der Waals surface area (Å²) in [6, 6.07) is 7.94. The monoisotopic (exact) mass is 313 g/mol. The van der Waals surface area contributed by atoms with E-state index < -0.39 is 0 Å². The zero-order valence-electron chi connectivity index (χ0n) is 14.0. The Hall–Kier alpha value is -2.63. The van der Waals surface area contributed by atoms with Crippen LogP contribution in [0.4, 0.5) is 17.3 Å². The average molecular weight is 313 g/mol. The third kappa shape index (κ3) is 4.95. The van der Waals surface area contributed by atoms with Crippen molar-refractivity contribution < 1.29 is 4.79 Å². The van der Waals surface area contributed by atoms with Crippen LogP contribution in [0.1, 0.15) is 24.2 Å². The van der Waals surface area contributed by atoms with Gasteiger partial charge in [0.2, 0.25) is 5.95 Å². The van der Waals surface area contributed by atoms with E-state index in [9.17, 15) is 4.79 Å². The van der Waals surface area contributed by atoms with Gasteiger partial charge in [0.25, 0.3) is 5.91 Å². The van der Waals surface area contributed by atoms with E-state index in [1.165, 1.54) is 12.4 Å². The molecule has 122 valence electrons. The Morgan fingerprint density at radius 2 is 1.74 bits per heavy atom. The lowest BCUT2D eigenvalue weighted by molar-refractivity contribution is 0.0948. The van der Waals surface area contributed by atoms with Gasteiger partial charge in [0.1, 0.15) is 0 Å². The molecule has 0 saturated heterocycles. The second-order valence-electron chi connectivity index (χ2n) is 5.97. The summed E-state index contributed by atoms with van der Waals surface area (Å²) >= 11 is 0. The molecule has 0 atom stereocenters. The molecule has 1 heterocycles. The van der Waals surface area contributed by atoms with Gasteiger partial charge in [-0.2, -0.15) is 0 Å². The fourth-order valence-electron chi connectivity index (χ4n) is 1.88. The Morgan fingerprint density at radius 3 is 2.26 bits per heavy atom. The molecule has 23 heavy (non-hydrogen) atoms. The average Bonchev–Trinajstić information content (AvgIpc) is 2.54. The molecule has 0 aliphatic heterocycles. The van der Waals surface area contributed by atoms with E-state index >= 15 is 0 Å². The maximum Gasteiger partial charge on any atom is 0.254 e. The van der Waals surface area contributed by atoms with Crippen LogP contribution in [0.5, 0.6) is 0 Å². The quantitative estimate of drug-likeness (QED) is 0.858. The van der Waals surface area contributed by atoms with Gasteiger partial charge in [0.15, 0.2) is 0 Å². The Bertz CT molecular complexity index is 635. The number of aromatic nitrogens is 2. The highest BCUT2D eigenvalue weighted by Crippen LogP contribution is 2.18. The lowest BCUT2D eigenvalue weighted by Crippen LogP contribution is -2.27. The number of hydrogen-bond donors (Lipinski definition) is 2. The highest BCUT2D eigenvalue weighted by Gasteiger charge is 2.07. The minimum Gasteiger partial charge on any atom is -0.378 e. The highest BCUT2D eigenvalue weighted by atomic mass is 16.1. The molecule has 2 aromatic rings. The van der Waals surface area contributed by atoms with Gasteiger partial charge in [0.05, 0.1) is 5.56 Å². The van der Waals surface area contributed by atoms with E-state index in [2.05, 4.69) is 20.6 Å². The third-order valence-electron chi connectivity index (χ3n) is 3.22. The van der Waals surface area contributed by atoms with Crippen LogP contribution in [-0.2, 0) is 0 Å². The van der Waals surface area contributed by atoms with E-state index in [1.807, 2.05) is 57.1 Å². The van der Waals surface area contributed by atoms with Crippen LogP contribution in [0.25, 0.3) is 0 Å². The number of carbonyl (C=O) groups is 1. The molecule has 2 N–H and O–H groups in total. The van der Waals surface area contributed by atoms with E-state index in [4.69, 9.17) is 0 Å². The number of benzene rings is 1. The van der Waals surface area contributed by atoms with Crippen LogP contribution < -0.4 is 15.5 Å². The van der Waals surface area contributed by atoms with Gasteiger partial charge in [-0.25, -0.2) is 9.97 Å². The lowest BCUT2D eigenvalue weighted by atomic mass is 10.2. The van der Waals surface area contributed by atoms with Gasteiger partial charge >= 0.3 is 0 Å². The minimum absolute atomic E-state index is 0.152. The van der Waals surface area contributed by atoms with Crippen molar-refractivity contribution in [1.82, 2.24) is 15.3 Å². The van der Waals surface area contributed by atoms with Crippen LogP contribution in [-0.4, -0.2) is 36.5 Å². The van der Waals surface area contributed by atoms with Gasteiger partial charge in [-0.15, -0.1) is 0 Å². The minimum atomic E-state index is -0.152. The van der Waals surface area contributed by atoms with Gasteiger partial charge in [-0.1, -0.05) is 13.8 Å². The zero-order valence-corrected chi connectivity index (χ0v) is 14.0. The second-order valence-corrected chi connectivity index (χ2v) is 5.97. The van der Waals surface area contributed by atoms with E-state index in [-0.39, 0.29) is 5.91 Å². The number of anilines is 3. The molecule has 0 radical (unpaired) electrons. The molecule has 6 nitrogen and oxygen atoms in total. The SMILES string of the molecule is CC(C)CNC(=O)c1cnc(Nc2ccc(N(C)C)cc2)nc1. The summed E-state index contributed by atoms with van der Waals surface area (Å²) in [5.41, 5.74) is 2.47. The fraction of sp³-hybridized carbons (Fsp3) is 0.353. The van der Waals surface area contributed by atoms with Crippen molar-refractivity contribution in [3.8, 4) is 0 Å². The lowest BCUT2D eigenvalue weighted by Gasteiger charge is -2.13. The molecule has 0 saturated carbocycles. The van der Waals surface area contributed by atoms with Crippen LogP contribution in [0.15, 0.2) is 36.7 Å². The summed E-state index contributed by atoms with van der Waals surface area (Å²) in [5.74, 6) is 0.717. The summed E-state index contributed by atoms with van der Waals surface area (Å²) in [6.45, 7) is 4.73. The Balaban J connectivity index is 1.98. The van der Waals surface area contributed by atoms with Crippen molar-refractivity contribution in [2.45, 2.75) is 13.8 Å². The van der Waals surface area contributed by atoms with Crippen molar-refractivity contribution in [2.24, 2.45) is 5.92 Å². The van der Waals surface area contributed by atoms with Crippen LogP contribution in [0.2, 0.25) is 0 Å². The number of nitrogens with one attached hydrogen (secondary N) is 2. The molecule has 1 aromatic heterocycles. The third-order valence-corrected chi connectivity index (χ3v) is 3.22. The van der Waals surface area contributed by atoms with Crippen molar-refractivity contribution in [3.05, 3.63) is 42.2 Å². The molecule has 2 rings (SSSR count). The van der Waals surface area contributed by atoms with Crippen molar-refractivity contribution in [2.75, 3.05) is 30.9 Å². The van der Waals surface area contributed by atoms with Crippen molar-refractivity contribution in [3.63, 3.8) is 0 Å². The summed E-state index contributed by atoms with van der Waals surface area (Å²) in [4.78, 5) is 22.3. The maximum absolute atomic E-state index is 11.9. The molecule has 0 bridgehead atoms. The normalized spacial score (nSPS) is 10.5. The number of carbonyl (C=O) groups excluding carboxylic acids is 1. The molecule has 6 heteroatoms. The van der Waals surface area contributed by atoms with E-state index in [1.54, 1.807) is 0 Å². The largest absolute Gasteiger partial charge is 0.378 e. The Labute approximate surface area is 137 Å². The van der Waals surface area contributed by atoms with Crippen LogP contribution in [0.3, 0.4) is 0 Å². The van der Waals surface area contributed by atoms with Gasteiger partial charge in [-0.3, -0.25) is 4.79 Å². The molecular weight excluding hydrogens is 290 g/mol. The number of amides is 1. The number of rotatable bonds is 6. The first-order chi connectivity index (χ1) is 11.0. The van der Waals surface area contributed by atoms with Crippen molar-refractivity contribution in [1.29, 1.82) is 0 Å². The first kappa shape index (κ1) is 16.7. The van der Waals surface area contributed by atoms with Crippen LogP contribution >= 0.6 is 0 Å². The Morgan fingerprint density at radius 1 is 1.13 bits per heavy atom. The fourth-order valence-corrected chi connectivity index (χ4v) is 1.88. The first-order valence-electron chi connectivity index (χ1n) is 7.60. The number of hydrogen-bond acceptors (Lipinski definition) is 5. The molecule has 0 aliphatic carbocycles. The molecule has 1 aromatic carbocycles. The van der Waals surface area contributed by atoms with Crippen molar-refractivity contribution >= 4 is 23.2 Å². The van der Waals surface area contributed by atoms with Gasteiger partial charge in [0, 0.05) is 44.4 Å². The molecule has 0 aliphatic rings. The molecule has 0 unspecified atom stereocenters. The molecule has 0 spiro atoms. The molecule has 1 amide bonds. The van der Waals surface area contributed by atoms with E-state index in [0.717, 1.165) is 11.4 Å². The molecular formula is C17H23N5O. The second kappa shape index (κ2) is 7.58. The van der Waals surface area contributed by atoms with Gasteiger partial charge in [-0.05, 0) is 30.2 Å². The first-order valence-corrected chi connectivity index (χ1v) is 7.60. The summed E-state index contributed by atoms with van der Waals surface area (Å²) in [6.07, 6.45) is 3.05. The van der Waals surface area contributed by atoms with E-state index in [0.29, 0.717) is 24.0 Å². The maximum atomic E-state index is 11.9. The Kier molecular flexibility index (Phi) is 5.51. The smallest absolute Gasteiger partial charge is 0.254 e. The summed E-state index contributed by atoms with van der Waals surface area (Å²) in [7, 11) is 3.99. The standard InChI is InChI=1S/C17H23N5O/c1-12(2)9-18-16(23)13-10-19-17(20-11-13)21-14-5-7-15(8-6-14)22(3)4/h5-8,10-12H,9H2,1-4H3,(H,18,23)(H,19,20,21). The summed E-state index contributed by atoms with van der Waals surface area (Å²) < 4.78 is 0.